The molecular weight excluding hydrogens is 949 g/mol. The van der Waals surface area contributed by atoms with Crippen molar-refractivity contribution < 1.29 is 34.1 Å². The van der Waals surface area contributed by atoms with Gasteiger partial charge in [0, 0.05) is 105 Å². The number of pyridine rings is 2. The Morgan fingerprint density at radius 3 is 1.24 bits per heavy atom. The number of carbonyl (C=O) groups is 3. The molecule has 2 N–H and O–H groups in total. The van der Waals surface area contributed by atoms with Gasteiger partial charge in [-0.1, -0.05) is 109 Å². The second-order valence-electron chi connectivity index (χ2n) is 19.3. The number of carbonyl (C=O) groups excluding carboxylic acids is 2. The van der Waals surface area contributed by atoms with Gasteiger partial charge in [-0.2, -0.15) is 0 Å². The summed E-state index contributed by atoms with van der Waals surface area (Å²) in [6.07, 6.45) is 2.62. The van der Waals surface area contributed by atoms with E-state index in [1.165, 1.54) is 59.8 Å². The number of piperazine rings is 2. The molecule has 0 unspecified atom stereocenters. The van der Waals surface area contributed by atoms with E-state index in [1.54, 1.807) is 28.1 Å². The number of amides is 2. The van der Waals surface area contributed by atoms with E-state index in [4.69, 9.17) is 14.6 Å². The number of hydrogen-bond donors (Lipinski definition) is 2. The third-order valence-electron chi connectivity index (χ3n) is 15.0. The summed E-state index contributed by atoms with van der Waals surface area (Å²) in [6.45, 7) is 5.07. The van der Waals surface area contributed by atoms with Crippen LogP contribution in [0.2, 0.25) is 0 Å². The molecule has 12 rings (SSSR count). The lowest BCUT2D eigenvalue weighted by molar-refractivity contribution is -0.137. The summed E-state index contributed by atoms with van der Waals surface area (Å²) in [5, 5.41) is 21.0. The van der Waals surface area contributed by atoms with Crippen LogP contribution in [-0.2, 0) is 27.4 Å². The number of aliphatic hydroxyl groups is 1. The minimum atomic E-state index is -1.06. The van der Waals surface area contributed by atoms with Crippen molar-refractivity contribution in [3.05, 3.63) is 201 Å². The summed E-state index contributed by atoms with van der Waals surface area (Å²) in [6, 6.07) is 48.3. The second-order valence-corrected chi connectivity index (χ2v) is 19.3. The van der Waals surface area contributed by atoms with Gasteiger partial charge in [-0.15, -0.1) is 0 Å². The van der Waals surface area contributed by atoms with Gasteiger partial charge in [0.25, 0.3) is 11.1 Å². The Hall–Kier alpha value is -8.69. The summed E-state index contributed by atoms with van der Waals surface area (Å²) in [4.78, 5) is 70.4. The van der Waals surface area contributed by atoms with Gasteiger partial charge < -0.3 is 48.4 Å². The van der Waals surface area contributed by atoms with Gasteiger partial charge in [0.15, 0.2) is 0 Å². The zero-order valence-corrected chi connectivity index (χ0v) is 41.3. The lowest BCUT2D eigenvalue weighted by atomic mass is 9.98. The topological polar surface area (TPSA) is 167 Å². The van der Waals surface area contributed by atoms with Crippen molar-refractivity contribution in [2.45, 2.75) is 24.9 Å². The SMILES string of the molecule is O=C(O)Cn1ccc2ccc(N3CCN(C(=O)OCC4c5ccccc5-c5ccccc54)CC3)cc2c1=O.O=C(OCC1c2ccccc2-c2ccccc21)N1CCN(c2ccc3ccn(CCO)c(=O)c3c2)CC1. The number of aliphatic carboxylic acids is 1. The largest absolute Gasteiger partial charge is 0.480 e. The molecule has 6 aromatic carbocycles. The molecule has 0 bridgehead atoms. The predicted molar refractivity (Wildman–Crippen MR) is 289 cm³/mol. The van der Waals surface area contributed by atoms with Crippen LogP contribution in [0.5, 0.6) is 0 Å². The second kappa shape index (κ2) is 21.0. The van der Waals surface area contributed by atoms with Crippen LogP contribution in [0.3, 0.4) is 0 Å². The Labute approximate surface area is 432 Å². The molecule has 2 aliphatic heterocycles. The van der Waals surface area contributed by atoms with Crippen molar-refractivity contribution in [3.8, 4) is 22.3 Å². The van der Waals surface area contributed by atoms with E-state index in [0.29, 0.717) is 76.3 Å². The minimum absolute atomic E-state index is 0.0235. The Balaban J connectivity index is 0.000000161. The number of aromatic nitrogens is 2. The molecule has 0 saturated carbocycles. The summed E-state index contributed by atoms with van der Waals surface area (Å²) in [5.74, 6) is -0.993. The molecule has 4 aliphatic rings. The maximum Gasteiger partial charge on any atom is 0.409 e. The zero-order valence-electron chi connectivity index (χ0n) is 41.3. The molecule has 2 fully saturated rings. The molecule has 4 heterocycles. The maximum absolute atomic E-state index is 13.0. The molecule has 2 amide bonds. The zero-order chi connectivity index (χ0) is 51.6. The summed E-state index contributed by atoms with van der Waals surface area (Å²) in [5.41, 5.74) is 11.0. The summed E-state index contributed by atoms with van der Waals surface area (Å²) in [7, 11) is 0. The molecule has 0 spiro atoms. The van der Waals surface area contributed by atoms with Gasteiger partial charge in [-0.25, -0.2) is 9.59 Å². The fourth-order valence-corrected chi connectivity index (χ4v) is 11.1. The highest BCUT2D eigenvalue weighted by atomic mass is 16.6. The monoisotopic (exact) mass is 1000 g/mol. The van der Waals surface area contributed by atoms with E-state index < -0.39 is 5.97 Å². The van der Waals surface area contributed by atoms with E-state index in [0.717, 1.165) is 22.1 Å². The molecule has 8 aromatic rings. The number of carboxylic acid groups (broad SMARTS) is 1. The molecular formula is C60H56N6O9. The van der Waals surface area contributed by atoms with Gasteiger partial charge in [-0.05, 0) is 91.7 Å². The Morgan fingerprint density at radius 2 is 0.853 bits per heavy atom. The van der Waals surface area contributed by atoms with Gasteiger partial charge in [-0.3, -0.25) is 14.4 Å². The molecule has 15 heteroatoms. The third kappa shape index (κ3) is 9.70. The van der Waals surface area contributed by atoms with Crippen LogP contribution < -0.4 is 20.9 Å². The summed E-state index contributed by atoms with van der Waals surface area (Å²) >= 11 is 0. The van der Waals surface area contributed by atoms with Crippen molar-refractivity contribution >= 4 is 51.1 Å². The lowest BCUT2D eigenvalue weighted by Crippen LogP contribution is -2.49. The van der Waals surface area contributed by atoms with Gasteiger partial charge >= 0.3 is 18.2 Å². The number of nitrogens with zero attached hydrogens (tertiary/aromatic N) is 6. The van der Waals surface area contributed by atoms with Crippen LogP contribution in [0, 0.1) is 0 Å². The lowest BCUT2D eigenvalue weighted by Gasteiger charge is -2.35. The molecule has 0 atom stereocenters. The van der Waals surface area contributed by atoms with E-state index in [9.17, 15) is 29.1 Å². The van der Waals surface area contributed by atoms with Gasteiger partial charge in [0.1, 0.15) is 19.8 Å². The number of aliphatic hydroxyl groups excluding tert-OH is 1. The average molecular weight is 1010 g/mol. The Bertz CT molecular complexity index is 3500. The van der Waals surface area contributed by atoms with E-state index in [1.807, 2.05) is 84.9 Å². The first-order valence-electron chi connectivity index (χ1n) is 25.4. The number of fused-ring (bicyclic) bond motifs is 8. The fraction of sp³-hybridized carbons (Fsp3) is 0.250. The van der Waals surface area contributed by atoms with Crippen LogP contribution in [-0.4, -0.2) is 119 Å². The van der Waals surface area contributed by atoms with E-state index in [-0.39, 0.29) is 54.8 Å². The standard InChI is InChI=1S/C30H27N3O5.C30H29N3O4/c34-28(35)18-33-12-11-20-9-10-21(17-26(20)29(33)36)31-13-15-32(16-14-31)30(37)38-19-27-24-7-3-1-5-22(24)23-6-2-4-8-25(23)27;34-18-17-32-12-11-21-9-10-22(19-27(21)29(32)35)31-13-15-33(16-14-31)30(36)37-20-28-25-7-3-1-5-23(25)24-6-2-4-8-26(24)28/h1-12,17,27H,13-16,18-19H2,(H,34,35);1-12,19,28,34H,13-18,20H2. The molecule has 15 nitrogen and oxygen atoms in total. The van der Waals surface area contributed by atoms with Gasteiger partial charge in [0.05, 0.1) is 6.61 Å². The first kappa shape index (κ1) is 48.6. The normalized spacial score (nSPS) is 14.9. The molecule has 2 aliphatic carbocycles. The molecule has 0 radical (unpaired) electrons. The summed E-state index contributed by atoms with van der Waals surface area (Å²) < 4.78 is 14.4. The smallest absolute Gasteiger partial charge is 0.409 e. The van der Waals surface area contributed by atoms with Crippen LogP contribution in [0.1, 0.15) is 34.1 Å². The van der Waals surface area contributed by atoms with Crippen molar-refractivity contribution in [2.24, 2.45) is 0 Å². The minimum Gasteiger partial charge on any atom is -0.480 e. The molecule has 2 saturated heterocycles. The van der Waals surface area contributed by atoms with Crippen molar-refractivity contribution in [1.29, 1.82) is 0 Å². The molecule has 2 aromatic heterocycles. The highest BCUT2D eigenvalue weighted by Gasteiger charge is 2.32. The van der Waals surface area contributed by atoms with Crippen molar-refractivity contribution in [3.63, 3.8) is 0 Å². The van der Waals surface area contributed by atoms with Crippen molar-refractivity contribution in [1.82, 2.24) is 18.9 Å². The fourth-order valence-electron chi connectivity index (χ4n) is 11.1. The van der Waals surface area contributed by atoms with Crippen LogP contribution >= 0.6 is 0 Å². The predicted octanol–water partition coefficient (Wildman–Crippen LogP) is 8.22. The highest BCUT2D eigenvalue weighted by Crippen LogP contribution is 2.46. The third-order valence-corrected chi connectivity index (χ3v) is 15.0. The Kier molecular flexibility index (Phi) is 13.6. The van der Waals surface area contributed by atoms with Gasteiger partial charge in [0.2, 0.25) is 0 Å². The van der Waals surface area contributed by atoms with E-state index in [2.05, 4.69) is 58.3 Å². The van der Waals surface area contributed by atoms with E-state index >= 15 is 0 Å². The number of carboxylic acids is 1. The van der Waals surface area contributed by atoms with Crippen LogP contribution in [0.25, 0.3) is 43.8 Å². The number of anilines is 2. The number of ether oxygens (including phenoxy) is 2. The number of hydrogen-bond acceptors (Lipinski definition) is 10. The Morgan fingerprint density at radius 1 is 0.480 bits per heavy atom. The maximum atomic E-state index is 13.0. The highest BCUT2D eigenvalue weighted by molar-refractivity contribution is 5.87. The van der Waals surface area contributed by atoms with Crippen LogP contribution in [0.4, 0.5) is 21.0 Å². The van der Waals surface area contributed by atoms with Crippen LogP contribution in [0.15, 0.2) is 168 Å². The number of rotatable bonds is 10. The van der Waals surface area contributed by atoms with Crippen molar-refractivity contribution in [2.75, 3.05) is 82.0 Å². The average Bonchev–Trinajstić information content (AvgIpc) is 3.96. The molecule has 380 valence electrons. The first-order chi connectivity index (χ1) is 36.6. The molecule has 75 heavy (non-hydrogen) atoms. The quantitative estimate of drug-likeness (QED) is 0.136. The number of benzene rings is 6. The first-order valence-corrected chi connectivity index (χ1v) is 25.4.